The van der Waals surface area contributed by atoms with Crippen molar-refractivity contribution in [2.75, 3.05) is 12.4 Å². The van der Waals surface area contributed by atoms with E-state index in [9.17, 15) is 4.79 Å². The van der Waals surface area contributed by atoms with Gasteiger partial charge in [-0.25, -0.2) is 0 Å². The molecule has 7 heteroatoms. The Morgan fingerprint density at radius 3 is 2.91 bits per heavy atom. The molecule has 1 amide bonds. The molecule has 114 valence electrons. The van der Waals surface area contributed by atoms with Crippen LogP contribution in [0.15, 0.2) is 22.6 Å². The van der Waals surface area contributed by atoms with Gasteiger partial charge in [0.15, 0.2) is 5.76 Å². The highest BCUT2D eigenvalue weighted by Gasteiger charge is 2.19. The average Bonchev–Trinajstić information content (AvgIpc) is 3.11. The first-order chi connectivity index (χ1) is 10.6. The summed E-state index contributed by atoms with van der Waals surface area (Å²) in [6, 6.07) is 5.44. The smallest absolute Gasteiger partial charge is 0.293 e. The molecule has 0 bridgehead atoms. The van der Waals surface area contributed by atoms with Crippen molar-refractivity contribution < 1.29 is 13.9 Å². The van der Waals surface area contributed by atoms with E-state index in [0.717, 1.165) is 28.1 Å². The second kappa shape index (κ2) is 5.76. The second-order valence-electron chi connectivity index (χ2n) is 4.73. The number of carbonyl (C=O) groups excluding carboxylic acids is 1. The number of furan rings is 1. The van der Waals surface area contributed by atoms with Crippen molar-refractivity contribution in [1.29, 1.82) is 0 Å². The molecule has 1 N–H and O–H groups in total. The topological polar surface area (TPSA) is 77.3 Å². The van der Waals surface area contributed by atoms with Gasteiger partial charge >= 0.3 is 0 Å². The van der Waals surface area contributed by atoms with Gasteiger partial charge in [0, 0.05) is 10.9 Å². The number of aryl methyl sites for hydroxylation is 2. The molecule has 0 aliphatic carbocycles. The van der Waals surface area contributed by atoms with Crippen LogP contribution in [0.5, 0.6) is 5.75 Å². The summed E-state index contributed by atoms with van der Waals surface area (Å²) in [5, 5.41) is 12.8. The highest BCUT2D eigenvalue weighted by Crippen LogP contribution is 2.29. The molecule has 2 aromatic heterocycles. The molecule has 6 nitrogen and oxygen atoms in total. The number of amides is 1. The van der Waals surface area contributed by atoms with Crippen molar-refractivity contribution in [2.24, 2.45) is 0 Å². The SMILES string of the molecule is CCc1nnc(NC(=O)c2oc3ccc(OC)cc3c2C)s1. The average molecular weight is 317 g/mol. The lowest BCUT2D eigenvalue weighted by Gasteiger charge is -1.98. The monoisotopic (exact) mass is 317 g/mol. The Morgan fingerprint density at radius 1 is 1.41 bits per heavy atom. The molecular weight excluding hydrogens is 302 g/mol. The quantitative estimate of drug-likeness (QED) is 0.798. The van der Waals surface area contributed by atoms with Crippen molar-refractivity contribution in [3.05, 3.63) is 34.5 Å². The Bertz CT molecular complexity index is 838. The van der Waals surface area contributed by atoms with E-state index < -0.39 is 0 Å². The van der Waals surface area contributed by atoms with Gasteiger partial charge in [-0.2, -0.15) is 0 Å². The molecule has 0 saturated carbocycles. The Balaban J connectivity index is 1.91. The van der Waals surface area contributed by atoms with E-state index in [2.05, 4.69) is 15.5 Å². The van der Waals surface area contributed by atoms with Gasteiger partial charge in [0.25, 0.3) is 5.91 Å². The highest BCUT2D eigenvalue weighted by atomic mass is 32.1. The minimum atomic E-state index is -0.327. The molecule has 0 saturated heterocycles. The third kappa shape index (κ3) is 2.55. The first-order valence-electron chi connectivity index (χ1n) is 6.83. The van der Waals surface area contributed by atoms with Crippen LogP contribution in [-0.2, 0) is 6.42 Å². The summed E-state index contributed by atoms with van der Waals surface area (Å²) in [6.45, 7) is 3.83. The number of rotatable bonds is 4. The highest BCUT2D eigenvalue weighted by molar-refractivity contribution is 7.15. The van der Waals surface area contributed by atoms with Crippen molar-refractivity contribution >= 4 is 33.3 Å². The Hall–Kier alpha value is -2.41. The molecule has 0 radical (unpaired) electrons. The molecule has 22 heavy (non-hydrogen) atoms. The summed E-state index contributed by atoms with van der Waals surface area (Å²) in [6.07, 6.45) is 0.789. The number of methoxy groups -OCH3 is 1. The van der Waals surface area contributed by atoms with Crippen molar-refractivity contribution in [3.8, 4) is 5.75 Å². The van der Waals surface area contributed by atoms with Crippen LogP contribution in [0, 0.1) is 6.92 Å². The predicted molar refractivity (Wildman–Crippen MR) is 84.7 cm³/mol. The third-order valence-corrected chi connectivity index (χ3v) is 4.32. The minimum absolute atomic E-state index is 0.275. The van der Waals surface area contributed by atoms with Gasteiger partial charge in [0.05, 0.1) is 7.11 Å². The molecule has 0 fully saturated rings. The van der Waals surface area contributed by atoms with Gasteiger partial charge in [-0.1, -0.05) is 18.3 Å². The summed E-state index contributed by atoms with van der Waals surface area (Å²) in [5.41, 5.74) is 1.42. The van der Waals surface area contributed by atoms with Crippen molar-refractivity contribution in [3.63, 3.8) is 0 Å². The van der Waals surface area contributed by atoms with Gasteiger partial charge in [-0.15, -0.1) is 10.2 Å². The minimum Gasteiger partial charge on any atom is -0.497 e. The number of benzene rings is 1. The van der Waals surface area contributed by atoms with Gasteiger partial charge in [0.2, 0.25) is 5.13 Å². The van der Waals surface area contributed by atoms with Crippen LogP contribution in [0.25, 0.3) is 11.0 Å². The molecule has 0 unspecified atom stereocenters. The summed E-state index contributed by atoms with van der Waals surface area (Å²) in [5.74, 6) is 0.669. The molecule has 0 atom stereocenters. The largest absolute Gasteiger partial charge is 0.497 e. The van der Waals surface area contributed by atoms with Gasteiger partial charge in [-0.05, 0) is 31.5 Å². The zero-order chi connectivity index (χ0) is 15.7. The maximum Gasteiger partial charge on any atom is 0.293 e. The molecule has 1 aromatic carbocycles. The third-order valence-electron chi connectivity index (χ3n) is 3.34. The van der Waals surface area contributed by atoms with E-state index in [-0.39, 0.29) is 11.7 Å². The number of hydrogen-bond donors (Lipinski definition) is 1. The van der Waals surface area contributed by atoms with Crippen LogP contribution in [0.4, 0.5) is 5.13 Å². The molecular formula is C15H15N3O3S. The lowest BCUT2D eigenvalue weighted by Crippen LogP contribution is -2.11. The number of carbonyl (C=O) groups is 1. The van der Waals surface area contributed by atoms with E-state index in [1.165, 1.54) is 11.3 Å². The Kier molecular flexibility index (Phi) is 3.81. The Morgan fingerprint density at radius 2 is 2.23 bits per heavy atom. The van der Waals surface area contributed by atoms with E-state index in [0.29, 0.717) is 10.7 Å². The van der Waals surface area contributed by atoms with E-state index >= 15 is 0 Å². The standard InChI is InChI=1S/C15H15N3O3S/c1-4-12-17-18-15(22-12)16-14(19)13-8(2)10-7-9(20-3)5-6-11(10)21-13/h5-7H,4H2,1-3H3,(H,16,18,19). The summed E-state index contributed by atoms with van der Waals surface area (Å²) >= 11 is 1.36. The van der Waals surface area contributed by atoms with Crippen LogP contribution in [-0.4, -0.2) is 23.2 Å². The van der Waals surface area contributed by atoms with E-state index in [4.69, 9.17) is 9.15 Å². The molecule has 2 heterocycles. The zero-order valence-electron chi connectivity index (χ0n) is 12.5. The van der Waals surface area contributed by atoms with Gasteiger partial charge < -0.3 is 9.15 Å². The number of nitrogens with zero attached hydrogens (tertiary/aromatic N) is 2. The molecule has 3 rings (SSSR count). The van der Waals surface area contributed by atoms with Crippen LogP contribution in [0.2, 0.25) is 0 Å². The maximum atomic E-state index is 12.4. The number of ether oxygens (including phenoxy) is 1. The maximum absolute atomic E-state index is 12.4. The molecule has 3 aromatic rings. The normalized spacial score (nSPS) is 10.9. The predicted octanol–water partition coefficient (Wildman–Crippen LogP) is 3.42. The number of hydrogen-bond acceptors (Lipinski definition) is 6. The Labute approximate surface area is 131 Å². The van der Waals surface area contributed by atoms with Crippen LogP contribution >= 0.6 is 11.3 Å². The van der Waals surface area contributed by atoms with Gasteiger partial charge in [0.1, 0.15) is 16.3 Å². The first-order valence-corrected chi connectivity index (χ1v) is 7.65. The van der Waals surface area contributed by atoms with E-state index in [1.807, 2.05) is 19.9 Å². The fourth-order valence-corrected chi connectivity index (χ4v) is 2.82. The fourth-order valence-electron chi connectivity index (χ4n) is 2.14. The van der Waals surface area contributed by atoms with Crippen LogP contribution in [0.1, 0.15) is 28.0 Å². The number of fused-ring (bicyclic) bond motifs is 1. The number of nitrogens with one attached hydrogen (secondary N) is 1. The first kappa shape index (κ1) is 14.5. The van der Waals surface area contributed by atoms with E-state index in [1.54, 1.807) is 19.2 Å². The van der Waals surface area contributed by atoms with Gasteiger partial charge in [-0.3, -0.25) is 10.1 Å². The summed E-state index contributed by atoms with van der Waals surface area (Å²) in [4.78, 5) is 12.4. The second-order valence-corrected chi connectivity index (χ2v) is 5.79. The summed E-state index contributed by atoms with van der Waals surface area (Å²) in [7, 11) is 1.60. The fraction of sp³-hybridized carbons (Fsp3) is 0.267. The summed E-state index contributed by atoms with van der Waals surface area (Å²) < 4.78 is 10.9. The molecule has 0 aliphatic rings. The van der Waals surface area contributed by atoms with Crippen LogP contribution < -0.4 is 10.1 Å². The zero-order valence-corrected chi connectivity index (χ0v) is 13.3. The molecule has 0 spiro atoms. The molecule has 0 aliphatic heterocycles. The lowest BCUT2D eigenvalue weighted by molar-refractivity contribution is 0.0998. The van der Waals surface area contributed by atoms with Crippen molar-refractivity contribution in [1.82, 2.24) is 10.2 Å². The number of aromatic nitrogens is 2. The lowest BCUT2D eigenvalue weighted by atomic mass is 10.1. The number of anilines is 1. The van der Waals surface area contributed by atoms with Crippen LogP contribution in [0.3, 0.4) is 0 Å². The van der Waals surface area contributed by atoms with Crippen molar-refractivity contribution in [2.45, 2.75) is 20.3 Å².